The minimum absolute atomic E-state index is 0.0286. The second-order valence-corrected chi connectivity index (χ2v) is 12.8. The van der Waals surface area contributed by atoms with Crippen molar-refractivity contribution in [3.63, 3.8) is 0 Å². The maximum atomic E-state index is 13.9. The van der Waals surface area contributed by atoms with Gasteiger partial charge in [0.15, 0.2) is 5.60 Å². The van der Waals surface area contributed by atoms with E-state index in [1.807, 2.05) is 0 Å². The van der Waals surface area contributed by atoms with Crippen molar-refractivity contribution in [1.29, 1.82) is 0 Å². The number of carboxylic acid groups (broad SMARTS) is 1. The molecule has 1 saturated heterocycles. The van der Waals surface area contributed by atoms with Crippen LogP contribution in [-0.4, -0.2) is 56.2 Å². The number of benzene rings is 3. The number of hydrogen-bond acceptors (Lipinski definition) is 5. The molecule has 0 atom stereocenters. The molecule has 0 saturated carbocycles. The number of hydrogen-bond donors (Lipinski definition) is 1. The van der Waals surface area contributed by atoms with Gasteiger partial charge in [0.1, 0.15) is 5.75 Å². The van der Waals surface area contributed by atoms with Crippen LogP contribution >= 0.6 is 11.6 Å². The molecule has 0 bridgehead atoms. The van der Waals surface area contributed by atoms with Gasteiger partial charge in [-0.1, -0.05) is 35.9 Å². The van der Waals surface area contributed by atoms with Gasteiger partial charge in [-0.2, -0.15) is 26.3 Å². The molecule has 7 nitrogen and oxygen atoms in total. The first-order valence-corrected chi connectivity index (χ1v) is 14.7. The van der Waals surface area contributed by atoms with Gasteiger partial charge >= 0.3 is 18.3 Å². The summed E-state index contributed by atoms with van der Waals surface area (Å²) >= 11 is 6.14. The third-order valence-electron chi connectivity index (χ3n) is 7.24. The van der Waals surface area contributed by atoms with Crippen LogP contribution in [0, 0.1) is 0 Å². The highest BCUT2D eigenvalue weighted by Crippen LogP contribution is 2.45. The zero-order valence-corrected chi connectivity index (χ0v) is 24.3. The SMILES string of the molecule is C/C(=C\c1ccc2c(c1)N(S(=O)(=O)c1cccc(C(F)(F)F)c1)CC1(CN(CC(=O)O)C1)O2)c1c(Cl)cccc1C(F)(F)F. The number of allylic oxidation sites excluding steroid dienone is 1. The number of ether oxygens (including phenoxy) is 1. The fraction of sp³-hybridized carbons (Fsp3) is 0.276. The summed E-state index contributed by atoms with van der Waals surface area (Å²) in [5, 5.41) is 8.97. The molecule has 44 heavy (non-hydrogen) atoms. The van der Waals surface area contributed by atoms with Gasteiger partial charge in [0.25, 0.3) is 10.0 Å². The smallest absolute Gasteiger partial charge is 0.417 e. The molecular formula is C29H23ClF6N2O5S. The number of rotatable bonds is 6. The Morgan fingerprint density at radius 2 is 1.68 bits per heavy atom. The molecule has 3 aromatic rings. The molecule has 2 aliphatic heterocycles. The van der Waals surface area contributed by atoms with Gasteiger partial charge in [-0.25, -0.2) is 8.42 Å². The zero-order valence-electron chi connectivity index (χ0n) is 22.7. The summed E-state index contributed by atoms with van der Waals surface area (Å²) in [4.78, 5) is 12.0. The van der Waals surface area contributed by atoms with E-state index in [1.54, 1.807) is 0 Å². The Morgan fingerprint density at radius 3 is 2.32 bits per heavy atom. The number of carbonyl (C=O) groups is 1. The predicted molar refractivity (Wildman–Crippen MR) is 150 cm³/mol. The number of aliphatic carboxylic acids is 1. The summed E-state index contributed by atoms with van der Waals surface area (Å²) in [6.45, 7) is 0.776. The van der Waals surface area contributed by atoms with Crippen LogP contribution in [0.4, 0.5) is 32.0 Å². The topological polar surface area (TPSA) is 87.2 Å². The summed E-state index contributed by atoms with van der Waals surface area (Å²) in [5.74, 6) is -1.06. The predicted octanol–water partition coefficient (Wildman–Crippen LogP) is 6.66. The lowest BCUT2D eigenvalue weighted by Gasteiger charge is -2.53. The van der Waals surface area contributed by atoms with Crippen LogP contribution in [0.5, 0.6) is 5.75 Å². The van der Waals surface area contributed by atoms with Gasteiger partial charge in [-0.3, -0.25) is 14.0 Å². The fourth-order valence-electron chi connectivity index (χ4n) is 5.41. The van der Waals surface area contributed by atoms with Gasteiger partial charge in [0.2, 0.25) is 0 Å². The molecule has 3 aromatic carbocycles. The van der Waals surface area contributed by atoms with E-state index >= 15 is 0 Å². The molecule has 0 amide bonds. The Balaban J connectivity index is 1.60. The summed E-state index contributed by atoms with van der Waals surface area (Å²) < 4.78 is 116. The van der Waals surface area contributed by atoms with Crippen molar-refractivity contribution in [3.8, 4) is 5.75 Å². The van der Waals surface area contributed by atoms with Crippen molar-refractivity contribution in [2.75, 3.05) is 30.5 Å². The number of alkyl halides is 6. The molecule has 2 heterocycles. The summed E-state index contributed by atoms with van der Waals surface area (Å²) in [6.07, 6.45) is -8.15. The largest absolute Gasteiger partial charge is 0.480 e. The number of fused-ring (bicyclic) bond motifs is 1. The van der Waals surface area contributed by atoms with E-state index in [-0.39, 0.29) is 59.3 Å². The summed E-state index contributed by atoms with van der Waals surface area (Å²) in [6, 6.07) is 10.8. The molecule has 2 aliphatic rings. The van der Waals surface area contributed by atoms with E-state index in [1.165, 1.54) is 48.2 Å². The number of nitrogens with zero attached hydrogens (tertiary/aromatic N) is 2. The second kappa shape index (κ2) is 11.0. The van der Waals surface area contributed by atoms with Gasteiger partial charge in [-0.15, -0.1) is 0 Å². The van der Waals surface area contributed by atoms with Crippen LogP contribution in [0.3, 0.4) is 0 Å². The molecule has 0 unspecified atom stereocenters. The molecule has 0 radical (unpaired) electrons. The first-order chi connectivity index (χ1) is 20.4. The Kier molecular flexibility index (Phi) is 7.92. The number of sulfonamides is 1. The van der Waals surface area contributed by atoms with Crippen LogP contribution in [-0.2, 0) is 27.2 Å². The van der Waals surface area contributed by atoms with E-state index in [4.69, 9.17) is 21.4 Å². The lowest BCUT2D eigenvalue weighted by Crippen LogP contribution is -2.71. The van der Waals surface area contributed by atoms with Gasteiger partial charge in [0.05, 0.1) is 34.8 Å². The van der Waals surface area contributed by atoms with Crippen molar-refractivity contribution in [2.45, 2.75) is 29.8 Å². The monoisotopic (exact) mass is 660 g/mol. The van der Waals surface area contributed by atoms with Crippen LogP contribution < -0.4 is 9.04 Å². The number of carboxylic acids is 1. The van der Waals surface area contributed by atoms with Gasteiger partial charge in [0, 0.05) is 23.7 Å². The third-order valence-corrected chi connectivity index (χ3v) is 9.31. The van der Waals surface area contributed by atoms with E-state index in [0.29, 0.717) is 6.07 Å². The maximum Gasteiger partial charge on any atom is 0.417 e. The van der Waals surface area contributed by atoms with Crippen molar-refractivity contribution >= 4 is 44.9 Å². The minimum Gasteiger partial charge on any atom is -0.480 e. The number of halogens is 7. The molecule has 1 fully saturated rings. The molecule has 1 N–H and O–H groups in total. The van der Waals surface area contributed by atoms with Crippen LogP contribution in [0.1, 0.15) is 29.2 Å². The van der Waals surface area contributed by atoms with Crippen LogP contribution in [0.25, 0.3) is 11.6 Å². The van der Waals surface area contributed by atoms with Crippen LogP contribution in [0.2, 0.25) is 5.02 Å². The Morgan fingerprint density at radius 1 is 1.00 bits per heavy atom. The first kappa shape index (κ1) is 31.7. The highest BCUT2D eigenvalue weighted by molar-refractivity contribution is 7.92. The molecule has 5 rings (SSSR count). The lowest BCUT2D eigenvalue weighted by atomic mass is 9.91. The Labute approximate surface area is 253 Å². The first-order valence-electron chi connectivity index (χ1n) is 12.9. The molecule has 15 heteroatoms. The normalized spacial score (nSPS) is 17.2. The fourth-order valence-corrected chi connectivity index (χ4v) is 7.32. The summed E-state index contributed by atoms with van der Waals surface area (Å²) in [7, 11) is -4.65. The molecule has 1 spiro atoms. The summed E-state index contributed by atoms with van der Waals surface area (Å²) in [5.41, 5.74) is -3.27. The molecule has 0 aromatic heterocycles. The van der Waals surface area contributed by atoms with Gasteiger partial charge < -0.3 is 9.84 Å². The highest BCUT2D eigenvalue weighted by atomic mass is 35.5. The van der Waals surface area contributed by atoms with E-state index in [9.17, 15) is 39.6 Å². The minimum atomic E-state index is -4.82. The Hall–Kier alpha value is -3.75. The standard InChI is InChI=1S/C29H23ClF6N2O5S/c1-17(26-21(29(34,35)36)6-3-7-22(26)30)10-18-8-9-24-23(11-18)38(16-27(43-24)14-37(15-27)13-25(39)40)44(41,42)20-5-2-4-19(12-20)28(31,32)33/h2-12H,13-16H2,1H3,(H,39,40)/b17-10+. The second-order valence-electron chi connectivity index (χ2n) is 10.6. The third kappa shape index (κ3) is 6.10. The lowest BCUT2D eigenvalue weighted by molar-refractivity contribution is -0.144. The number of anilines is 1. The van der Waals surface area contributed by atoms with Gasteiger partial charge in [-0.05, 0) is 60.5 Å². The van der Waals surface area contributed by atoms with Crippen molar-refractivity contribution < 1.29 is 49.4 Å². The van der Waals surface area contributed by atoms with Crippen molar-refractivity contribution in [3.05, 3.63) is 87.9 Å². The molecule has 234 valence electrons. The van der Waals surface area contributed by atoms with Crippen LogP contribution in [0.15, 0.2) is 65.6 Å². The van der Waals surface area contributed by atoms with E-state index < -0.39 is 50.0 Å². The highest BCUT2D eigenvalue weighted by Gasteiger charge is 2.52. The van der Waals surface area contributed by atoms with E-state index in [2.05, 4.69) is 0 Å². The molecular weight excluding hydrogens is 638 g/mol. The number of likely N-dealkylation sites (tertiary alicyclic amines) is 1. The average Bonchev–Trinajstić information content (AvgIpc) is 2.90. The van der Waals surface area contributed by atoms with E-state index in [0.717, 1.165) is 28.6 Å². The quantitative estimate of drug-likeness (QED) is 0.235. The van der Waals surface area contributed by atoms with Crippen molar-refractivity contribution in [1.82, 2.24) is 4.90 Å². The maximum absolute atomic E-state index is 13.9. The average molecular weight is 661 g/mol. The molecule has 0 aliphatic carbocycles. The zero-order chi connectivity index (χ0) is 32.2. The van der Waals surface area contributed by atoms with Crippen molar-refractivity contribution in [2.24, 2.45) is 0 Å². The Bertz CT molecular complexity index is 1770.